The molecular weight excluding hydrogens is 411 g/mol. The van der Waals surface area contributed by atoms with E-state index in [0.717, 1.165) is 5.92 Å². The Balaban J connectivity index is 0.00000176. The summed E-state index contributed by atoms with van der Waals surface area (Å²) in [5.41, 5.74) is 3.41. The molecule has 0 nitrogen and oxygen atoms in total. The van der Waals surface area contributed by atoms with E-state index in [1.807, 2.05) is 0 Å². The van der Waals surface area contributed by atoms with Gasteiger partial charge >= 0.3 is 143 Å². The molecule has 2 aliphatic carbocycles. The standard InChI is InChI=1S/C19H25Si.3ClH.Ti/c1-15-12-17(13-16-8-4-2-5-9-16)14-19(15)20-18-10-6-3-7-11-18;;;;/h3,6-7,10-11,16H,2,4-5,8-9,13-14,20H2,1H3;3*1H;/q;;;;+3/p-3. The Labute approximate surface area is 179 Å². The summed E-state index contributed by atoms with van der Waals surface area (Å²) in [6, 6.07) is 11.2. The van der Waals surface area contributed by atoms with Crippen LogP contribution in [0.1, 0.15) is 51.9 Å². The maximum Gasteiger partial charge on any atom is -1.00 e. The van der Waals surface area contributed by atoms with Crippen LogP contribution in [0.4, 0.5) is 0 Å². The fourth-order valence-electron chi connectivity index (χ4n) is 3.87. The van der Waals surface area contributed by atoms with Gasteiger partial charge in [-0.25, -0.2) is 0 Å². The number of hydrogen-bond acceptors (Lipinski definition) is 0. The molecule has 0 bridgehead atoms. The molecule has 1 saturated carbocycles. The summed E-state index contributed by atoms with van der Waals surface area (Å²) in [7, 11) is -0.246. The van der Waals surface area contributed by atoms with Crippen molar-refractivity contribution in [2.45, 2.75) is 51.9 Å². The first-order valence-electron chi connectivity index (χ1n) is 8.40. The van der Waals surface area contributed by atoms with Gasteiger partial charge in [0.1, 0.15) is 0 Å². The molecule has 1 aromatic carbocycles. The van der Waals surface area contributed by atoms with Crippen LogP contribution in [0, 0.1) is 5.92 Å². The van der Waals surface area contributed by atoms with Gasteiger partial charge in [0.25, 0.3) is 0 Å². The van der Waals surface area contributed by atoms with Crippen molar-refractivity contribution in [3.8, 4) is 0 Å². The summed E-state index contributed by atoms with van der Waals surface area (Å²) < 4.78 is 1.64. The summed E-state index contributed by atoms with van der Waals surface area (Å²) in [6.07, 6.45) is 10.0. The molecule has 24 heavy (non-hydrogen) atoms. The van der Waals surface area contributed by atoms with Crippen molar-refractivity contribution < 1.29 is 57.7 Å². The first kappa shape index (κ1) is 24.5. The van der Waals surface area contributed by atoms with Gasteiger partial charge in [-0.2, -0.15) is 0 Å². The Morgan fingerprint density at radius 2 is 1.62 bits per heavy atom. The van der Waals surface area contributed by atoms with Crippen molar-refractivity contribution in [3.05, 3.63) is 50.6 Å². The SMILES string of the molecule is CC1=C([SiH2]c2ccccc2)CC(CC2CCCCC2)=[C]1[Ti+3].[Cl-].[Cl-].[Cl-]. The third-order valence-electron chi connectivity index (χ3n) is 5.21. The fourth-order valence-corrected chi connectivity index (χ4v) is 6.59. The first-order valence-corrected chi connectivity index (χ1v) is 10.6. The number of halogens is 3. The average molecular weight is 436 g/mol. The van der Waals surface area contributed by atoms with E-state index in [0.29, 0.717) is 0 Å². The quantitative estimate of drug-likeness (QED) is 0.416. The summed E-state index contributed by atoms with van der Waals surface area (Å²) in [4.78, 5) is 0. The van der Waals surface area contributed by atoms with Gasteiger partial charge in [-0.05, 0) is 0 Å². The van der Waals surface area contributed by atoms with Crippen LogP contribution in [0.2, 0.25) is 0 Å². The number of benzene rings is 1. The van der Waals surface area contributed by atoms with Crippen molar-refractivity contribution in [2.75, 3.05) is 0 Å². The van der Waals surface area contributed by atoms with Crippen LogP contribution in [-0.4, -0.2) is 9.52 Å². The van der Waals surface area contributed by atoms with Gasteiger partial charge in [0.2, 0.25) is 0 Å². The van der Waals surface area contributed by atoms with Crippen LogP contribution < -0.4 is 42.4 Å². The van der Waals surface area contributed by atoms with Crippen molar-refractivity contribution in [1.82, 2.24) is 0 Å². The summed E-state index contributed by atoms with van der Waals surface area (Å²) in [6.45, 7) is 2.37. The zero-order valence-corrected chi connectivity index (χ0v) is 19.5. The van der Waals surface area contributed by atoms with Crippen molar-refractivity contribution in [3.63, 3.8) is 0 Å². The van der Waals surface area contributed by atoms with Gasteiger partial charge in [0.15, 0.2) is 0 Å². The molecule has 5 heteroatoms. The second kappa shape index (κ2) is 12.0. The molecule has 0 N–H and O–H groups in total. The second-order valence-electron chi connectivity index (χ2n) is 6.75. The molecule has 0 saturated heterocycles. The van der Waals surface area contributed by atoms with E-state index >= 15 is 0 Å². The van der Waals surface area contributed by atoms with E-state index in [9.17, 15) is 0 Å². The van der Waals surface area contributed by atoms with Gasteiger partial charge in [0.05, 0.1) is 0 Å². The molecule has 130 valence electrons. The molecule has 3 rings (SSSR count). The van der Waals surface area contributed by atoms with Crippen LogP contribution in [0.15, 0.2) is 50.6 Å². The summed E-state index contributed by atoms with van der Waals surface area (Å²) in [5.74, 6) is 0.981. The minimum absolute atomic E-state index is 0. The molecule has 2 aliphatic rings. The molecule has 0 aliphatic heterocycles. The first-order chi connectivity index (χ1) is 10.2. The largest absolute Gasteiger partial charge is 1.00 e. The van der Waals surface area contributed by atoms with E-state index < -0.39 is 0 Å². The molecule has 0 aromatic heterocycles. The van der Waals surface area contributed by atoms with E-state index in [1.54, 1.807) is 25.4 Å². The van der Waals surface area contributed by atoms with Gasteiger partial charge in [-0.3, -0.25) is 0 Å². The monoisotopic (exact) mass is 434 g/mol. The van der Waals surface area contributed by atoms with Crippen LogP contribution >= 0.6 is 0 Å². The smallest absolute Gasteiger partial charge is 1.00 e. The molecular formula is C19H25Cl3SiTi. The normalized spacial score (nSPS) is 18.5. The molecule has 0 spiro atoms. The number of rotatable bonds is 4. The van der Waals surface area contributed by atoms with E-state index in [2.05, 4.69) is 57.7 Å². The topological polar surface area (TPSA) is 0 Å². The predicted molar refractivity (Wildman–Crippen MR) is 90.2 cm³/mol. The van der Waals surface area contributed by atoms with Gasteiger partial charge in [-0.15, -0.1) is 0 Å². The van der Waals surface area contributed by atoms with Crippen molar-refractivity contribution in [2.24, 2.45) is 5.92 Å². The minimum Gasteiger partial charge on any atom is -1.00 e. The third kappa shape index (κ3) is 6.34. The zero-order valence-electron chi connectivity index (χ0n) is 14.3. The van der Waals surface area contributed by atoms with Crippen molar-refractivity contribution >= 4 is 14.7 Å². The molecule has 1 aromatic rings. The van der Waals surface area contributed by atoms with Crippen LogP contribution in [-0.2, 0) is 20.4 Å². The van der Waals surface area contributed by atoms with Crippen molar-refractivity contribution in [1.29, 1.82) is 0 Å². The van der Waals surface area contributed by atoms with Gasteiger partial charge < -0.3 is 37.2 Å². The minimum atomic E-state index is -0.246. The van der Waals surface area contributed by atoms with Gasteiger partial charge in [0, 0.05) is 0 Å². The average Bonchev–Trinajstić information content (AvgIpc) is 2.78. The Kier molecular flexibility index (Phi) is 12.2. The Hall–Kier alpha value is 0.501. The third-order valence-corrected chi connectivity index (χ3v) is 8.43. The van der Waals surface area contributed by atoms with Crippen LogP contribution in [0.3, 0.4) is 0 Å². The Morgan fingerprint density at radius 3 is 2.25 bits per heavy atom. The maximum absolute atomic E-state index is 2.37. The predicted octanol–water partition coefficient (Wildman–Crippen LogP) is -5.06. The van der Waals surface area contributed by atoms with E-state index in [4.69, 9.17) is 0 Å². The van der Waals surface area contributed by atoms with Crippen LogP contribution in [0.25, 0.3) is 0 Å². The fraction of sp³-hybridized carbons (Fsp3) is 0.474. The summed E-state index contributed by atoms with van der Waals surface area (Å²) in [5, 5.41) is 3.39. The molecule has 0 atom stereocenters. The maximum atomic E-state index is 2.37. The zero-order chi connectivity index (χ0) is 14.7. The Morgan fingerprint density at radius 1 is 1.00 bits per heavy atom. The number of hydrogen-bond donors (Lipinski definition) is 0. The van der Waals surface area contributed by atoms with Gasteiger partial charge in [-0.1, -0.05) is 0 Å². The van der Waals surface area contributed by atoms with E-state index in [-0.39, 0.29) is 46.7 Å². The second-order valence-corrected chi connectivity index (χ2v) is 9.56. The molecule has 0 radical (unpaired) electrons. The number of allylic oxidation sites excluding steroid dienone is 4. The molecule has 1 fully saturated rings. The van der Waals surface area contributed by atoms with E-state index in [1.165, 1.54) is 44.9 Å². The Bertz CT molecular complexity index is 563. The van der Waals surface area contributed by atoms with Crippen LogP contribution in [0.5, 0.6) is 0 Å². The molecule has 0 heterocycles. The summed E-state index contributed by atoms with van der Waals surface area (Å²) >= 11 is 2.37. The molecule has 0 amide bonds. The molecule has 0 unspecified atom stereocenters.